The molecule has 204 valence electrons. The van der Waals surface area contributed by atoms with Gasteiger partial charge in [0.05, 0.1) is 46.2 Å². The minimum absolute atomic E-state index is 0.136. The zero-order valence-corrected chi connectivity index (χ0v) is 23.6. The van der Waals surface area contributed by atoms with Gasteiger partial charge in [-0.15, -0.1) is 6.42 Å². The first kappa shape index (κ1) is 25.6. The third kappa shape index (κ3) is 4.46. The zero-order chi connectivity index (χ0) is 27.4. The molecule has 0 radical (unpaired) electrons. The van der Waals surface area contributed by atoms with E-state index >= 15 is 0 Å². The Morgan fingerprint density at radius 2 is 1.98 bits per heavy atom. The quantitative estimate of drug-likeness (QED) is 0.174. The number of fused-ring (bicyclic) bond motifs is 3. The van der Waals surface area contributed by atoms with Crippen LogP contribution in [0, 0.1) is 12.3 Å². The molecule has 3 aliphatic rings. The molecule has 4 heterocycles. The number of rotatable bonds is 7. The predicted molar refractivity (Wildman–Crippen MR) is 155 cm³/mol. The monoisotopic (exact) mass is 573 g/mol. The molecule has 2 aliphatic heterocycles. The Bertz CT molecular complexity index is 1640. The van der Waals surface area contributed by atoms with Gasteiger partial charge in [-0.3, -0.25) is 0 Å². The predicted octanol–water partition coefficient (Wildman–Crippen LogP) is 6.97. The highest BCUT2D eigenvalue weighted by Gasteiger charge is 2.43. The molecular weight excluding hydrogens is 546 g/mol. The molecule has 9 heteroatoms. The molecule has 2 saturated heterocycles. The van der Waals surface area contributed by atoms with Gasteiger partial charge in [-0.1, -0.05) is 52.2 Å². The summed E-state index contributed by atoms with van der Waals surface area (Å²) in [7, 11) is 1.37. The van der Waals surface area contributed by atoms with Crippen molar-refractivity contribution < 1.29 is 18.8 Å². The minimum Gasteiger partial charge on any atom is -0.465 e. The number of methoxy groups -OCH3 is 1. The first-order valence-electron chi connectivity index (χ1n) is 13.7. The molecule has 0 amide bonds. The Balaban J connectivity index is 1.11. The van der Waals surface area contributed by atoms with Gasteiger partial charge < -0.3 is 18.9 Å². The number of nitrogens with zero attached hydrogens (tertiary/aromatic N) is 3. The molecule has 2 aromatic carbocycles. The first-order chi connectivity index (χ1) is 19.5. The van der Waals surface area contributed by atoms with E-state index in [-0.39, 0.29) is 6.10 Å². The zero-order valence-electron chi connectivity index (χ0n) is 22.1. The summed E-state index contributed by atoms with van der Waals surface area (Å²) in [4.78, 5) is 19.6. The molecule has 4 aromatic rings. The number of halogens is 1. The van der Waals surface area contributed by atoms with Crippen LogP contribution < -0.4 is 4.90 Å². The average Bonchev–Trinajstić information content (AvgIpc) is 3.49. The summed E-state index contributed by atoms with van der Waals surface area (Å²) in [6.45, 7) is 0.461. The molecule has 1 saturated carbocycles. The maximum atomic E-state index is 12.2. The molecule has 0 spiro atoms. The number of esters is 1. The van der Waals surface area contributed by atoms with Gasteiger partial charge in [0.25, 0.3) is 0 Å². The second kappa shape index (κ2) is 10.2. The van der Waals surface area contributed by atoms with Gasteiger partial charge in [0, 0.05) is 29.1 Å². The third-order valence-electron chi connectivity index (χ3n) is 8.33. The molecule has 7 nitrogen and oxygen atoms in total. The molecule has 1 aliphatic carbocycles. The summed E-state index contributed by atoms with van der Waals surface area (Å²) >= 11 is 8.10. The van der Waals surface area contributed by atoms with Crippen LogP contribution in [0.4, 0.5) is 5.13 Å². The highest BCUT2D eigenvalue weighted by atomic mass is 35.5. The number of benzene rings is 2. The lowest BCUT2D eigenvalue weighted by molar-refractivity contribution is 0.0147. The fourth-order valence-corrected chi connectivity index (χ4v) is 7.64. The van der Waals surface area contributed by atoms with Gasteiger partial charge in [-0.25, -0.2) is 9.78 Å². The van der Waals surface area contributed by atoms with Crippen molar-refractivity contribution in [2.45, 2.75) is 69.2 Å². The van der Waals surface area contributed by atoms with Crippen LogP contribution in [0.2, 0.25) is 5.02 Å². The number of carbonyl (C=O) groups is 1. The van der Waals surface area contributed by atoms with E-state index in [1.165, 1.54) is 7.11 Å². The largest absolute Gasteiger partial charge is 0.465 e. The lowest BCUT2D eigenvalue weighted by atomic mass is 10.00. The van der Waals surface area contributed by atoms with Gasteiger partial charge in [0.2, 0.25) is 0 Å². The number of carbonyl (C=O) groups excluding carboxylic acids is 1. The van der Waals surface area contributed by atoms with Gasteiger partial charge >= 0.3 is 5.97 Å². The molecule has 7 rings (SSSR count). The Morgan fingerprint density at radius 1 is 1.20 bits per heavy atom. The maximum Gasteiger partial charge on any atom is 0.337 e. The summed E-state index contributed by atoms with van der Waals surface area (Å²) in [6, 6.07) is 11.9. The average molecular weight is 574 g/mol. The van der Waals surface area contributed by atoms with Crippen LogP contribution in [0.3, 0.4) is 0 Å². The Labute approximate surface area is 241 Å². The molecule has 2 unspecified atom stereocenters. The summed E-state index contributed by atoms with van der Waals surface area (Å²) < 4.78 is 18.2. The van der Waals surface area contributed by atoms with E-state index in [2.05, 4.69) is 16.0 Å². The highest BCUT2D eigenvalue weighted by Crippen LogP contribution is 2.46. The molecule has 2 aromatic heterocycles. The first-order valence-corrected chi connectivity index (χ1v) is 14.9. The summed E-state index contributed by atoms with van der Waals surface area (Å²) in [5.41, 5.74) is 4.52. The van der Waals surface area contributed by atoms with Crippen LogP contribution >= 0.6 is 22.9 Å². The Morgan fingerprint density at radius 3 is 2.67 bits per heavy atom. The van der Waals surface area contributed by atoms with E-state index in [0.29, 0.717) is 40.8 Å². The Hall–Kier alpha value is -3.38. The molecule has 40 heavy (non-hydrogen) atoms. The number of anilines is 1. The summed E-state index contributed by atoms with van der Waals surface area (Å²) in [6.07, 6.45) is 12.2. The SMILES string of the molecule is C#Cc1cc(C(=O)OC)cc2sc(N3C4CCC3CC(OCc3c(-c5ccccc5Cl)noc3C3CC3)C4)nc12. The van der Waals surface area contributed by atoms with E-state index < -0.39 is 5.97 Å². The number of terminal acetylenes is 1. The fourth-order valence-electron chi connectivity index (χ4n) is 6.24. The number of ether oxygens (including phenoxy) is 2. The normalized spacial score (nSPS) is 22.0. The summed E-state index contributed by atoms with van der Waals surface area (Å²) in [5, 5.41) is 6.04. The van der Waals surface area contributed by atoms with Crippen LogP contribution in [-0.2, 0) is 16.1 Å². The maximum absolute atomic E-state index is 12.2. The van der Waals surface area contributed by atoms with Gasteiger partial charge in [-0.05, 0) is 56.7 Å². The Kier molecular flexibility index (Phi) is 6.54. The van der Waals surface area contributed by atoms with Crippen molar-refractivity contribution in [3.8, 4) is 23.6 Å². The van der Waals surface area contributed by atoms with Crippen molar-refractivity contribution >= 4 is 44.3 Å². The van der Waals surface area contributed by atoms with Crippen molar-refractivity contribution in [1.29, 1.82) is 0 Å². The number of hydrogen-bond acceptors (Lipinski definition) is 8. The fraction of sp³-hybridized carbons (Fsp3) is 0.387. The molecule has 0 N–H and O–H groups in total. The van der Waals surface area contributed by atoms with Gasteiger partial charge in [0.15, 0.2) is 5.13 Å². The number of thiazole rings is 1. The van der Waals surface area contributed by atoms with Crippen LogP contribution in [0.15, 0.2) is 40.9 Å². The van der Waals surface area contributed by atoms with Crippen molar-refractivity contribution in [2.24, 2.45) is 0 Å². The van der Waals surface area contributed by atoms with Crippen LogP contribution in [-0.4, -0.2) is 41.4 Å². The number of aromatic nitrogens is 2. The van der Waals surface area contributed by atoms with Crippen molar-refractivity contribution in [1.82, 2.24) is 10.1 Å². The van der Waals surface area contributed by atoms with E-state index in [1.54, 1.807) is 17.4 Å². The molecule has 2 atom stereocenters. The standard InChI is InChI=1S/C31H28ClN3O4S/c1-3-17-12-19(30(36)37-2)13-26-27(17)33-31(40-26)35-20-10-11-21(35)15-22(14-20)38-16-24-28(23-6-4-5-7-25(23)32)34-39-29(24)18-8-9-18/h1,4-7,12-13,18,20-22H,8-11,14-16H2,2H3. The van der Waals surface area contributed by atoms with Crippen molar-refractivity contribution in [3.63, 3.8) is 0 Å². The lowest BCUT2D eigenvalue weighted by Gasteiger charge is -2.38. The second-order valence-corrected chi connectivity index (χ2v) is 12.2. The molecular formula is C31H28ClN3O4S. The van der Waals surface area contributed by atoms with E-state index in [0.717, 1.165) is 76.5 Å². The summed E-state index contributed by atoms with van der Waals surface area (Å²) in [5.74, 6) is 3.66. The minimum atomic E-state index is -0.401. The topological polar surface area (TPSA) is 77.7 Å². The molecule has 3 fully saturated rings. The number of piperidine rings is 1. The van der Waals surface area contributed by atoms with E-state index in [1.807, 2.05) is 30.3 Å². The van der Waals surface area contributed by atoms with Crippen LogP contribution in [0.1, 0.15) is 71.7 Å². The van der Waals surface area contributed by atoms with E-state index in [4.69, 9.17) is 37.0 Å². The van der Waals surface area contributed by atoms with Gasteiger partial charge in [0.1, 0.15) is 11.5 Å². The number of hydrogen-bond donors (Lipinski definition) is 0. The third-order valence-corrected chi connectivity index (χ3v) is 9.68. The van der Waals surface area contributed by atoms with Crippen molar-refractivity contribution in [2.75, 3.05) is 12.0 Å². The van der Waals surface area contributed by atoms with Crippen LogP contribution in [0.5, 0.6) is 0 Å². The van der Waals surface area contributed by atoms with E-state index in [9.17, 15) is 4.79 Å². The lowest BCUT2D eigenvalue weighted by Crippen LogP contribution is -2.45. The van der Waals surface area contributed by atoms with Crippen molar-refractivity contribution in [3.05, 3.63) is 63.9 Å². The highest BCUT2D eigenvalue weighted by molar-refractivity contribution is 7.22. The molecule has 2 bridgehead atoms. The second-order valence-electron chi connectivity index (χ2n) is 10.8. The van der Waals surface area contributed by atoms with Crippen LogP contribution in [0.25, 0.3) is 21.5 Å². The van der Waals surface area contributed by atoms with Gasteiger partial charge in [-0.2, -0.15) is 0 Å². The smallest absolute Gasteiger partial charge is 0.337 e.